The largest absolute Gasteiger partial charge is 0.869 e. The molecule has 7 nitrogen and oxygen atoms in total. The molecule has 0 aliphatic carbocycles. The fourth-order valence-corrected chi connectivity index (χ4v) is 3.65. The zero-order chi connectivity index (χ0) is 20.4. The van der Waals surface area contributed by atoms with E-state index >= 15 is 0 Å². The lowest BCUT2D eigenvalue weighted by molar-refractivity contribution is -0.269. The Balaban J connectivity index is 1.94. The van der Waals surface area contributed by atoms with Crippen molar-refractivity contribution in [2.24, 2.45) is 4.99 Å². The van der Waals surface area contributed by atoms with E-state index in [1.54, 1.807) is 25.3 Å². The summed E-state index contributed by atoms with van der Waals surface area (Å²) in [5.41, 5.74) is 1.07. The molecule has 1 fully saturated rings. The number of halogens is 1. The molecule has 3 rings (SSSR count). The molecule has 0 radical (unpaired) electrons. The van der Waals surface area contributed by atoms with E-state index in [1.807, 2.05) is 0 Å². The number of thioether (sulfide) groups is 1. The Bertz CT molecular complexity index is 1030. The van der Waals surface area contributed by atoms with E-state index in [2.05, 4.69) is 4.99 Å². The van der Waals surface area contributed by atoms with Gasteiger partial charge in [0.2, 0.25) is 0 Å². The second-order valence-corrected chi connectivity index (χ2v) is 7.18. The summed E-state index contributed by atoms with van der Waals surface area (Å²) in [7, 11) is 2.94. The van der Waals surface area contributed by atoms with E-state index in [0.29, 0.717) is 21.3 Å². The molecule has 2 aromatic carbocycles. The Morgan fingerprint density at radius 1 is 1.36 bits per heavy atom. The van der Waals surface area contributed by atoms with E-state index in [-0.39, 0.29) is 22.2 Å². The van der Waals surface area contributed by atoms with Gasteiger partial charge in [-0.3, -0.25) is 9.69 Å². The quantitative estimate of drug-likeness (QED) is 0.765. The highest BCUT2D eigenvalue weighted by molar-refractivity contribution is 8.18. The molecule has 0 spiro atoms. The van der Waals surface area contributed by atoms with E-state index < -0.39 is 11.7 Å². The lowest BCUT2D eigenvalue weighted by atomic mass is 10.2. The van der Waals surface area contributed by atoms with Crippen LogP contribution in [0.4, 0.5) is 5.69 Å². The van der Waals surface area contributed by atoms with Gasteiger partial charge in [-0.25, -0.2) is 9.79 Å². The van der Waals surface area contributed by atoms with Crippen LogP contribution in [0.3, 0.4) is 0 Å². The van der Waals surface area contributed by atoms with E-state index in [4.69, 9.17) is 21.4 Å². The summed E-state index contributed by atoms with van der Waals surface area (Å²) in [5.74, 6) is -1.67. The fraction of sp³-hybridized carbons (Fsp3) is 0.105. The van der Waals surface area contributed by atoms with Gasteiger partial charge in [-0.1, -0.05) is 17.7 Å². The van der Waals surface area contributed by atoms with Gasteiger partial charge in [-0.15, -0.1) is 0 Å². The summed E-state index contributed by atoms with van der Waals surface area (Å²) in [4.78, 5) is 29.7. The first-order valence-electron chi connectivity index (χ1n) is 7.94. The minimum Gasteiger partial charge on any atom is -0.869 e. The van der Waals surface area contributed by atoms with Crippen LogP contribution in [0.25, 0.3) is 6.08 Å². The number of nitrogens with zero attached hydrogens (tertiary/aromatic N) is 2. The average Bonchev–Trinajstić information content (AvgIpc) is 2.92. The third-order valence-electron chi connectivity index (χ3n) is 3.87. The number of methoxy groups -OCH3 is 1. The smallest absolute Gasteiger partial charge is 0.335 e. The number of amides is 1. The molecule has 1 heterocycles. The molecule has 1 aliphatic rings. The molecule has 1 N–H and O–H groups in total. The minimum absolute atomic E-state index is 0.00521. The Morgan fingerprint density at radius 3 is 2.79 bits per heavy atom. The highest BCUT2D eigenvalue weighted by Crippen LogP contribution is 2.37. The van der Waals surface area contributed by atoms with Crippen molar-refractivity contribution in [3.05, 3.63) is 57.5 Å². The maximum absolute atomic E-state index is 12.5. The summed E-state index contributed by atoms with van der Waals surface area (Å²) in [5, 5.41) is 21.3. The van der Waals surface area contributed by atoms with Crippen LogP contribution in [0.15, 0.2) is 46.3 Å². The molecule has 28 heavy (non-hydrogen) atoms. The predicted molar refractivity (Wildman–Crippen MR) is 106 cm³/mol. The third-order valence-corrected chi connectivity index (χ3v) is 5.21. The SMILES string of the molecule is COc1cc(/C=C2\SC(=Nc3cccc(C(=O)O)c3)N(C)C2=O)cc(Cl)c1[O-]. The van der Waals surface area contributed by atoms with Crippen molar-refractivity contribution in [2.75, 3.05) is 14.2 Å². The van der Waals surface area contributed by atoms with Gasteiger partial charge in [-0.2, -0.15) is 0 Å². The number of ether oxygens (including phenoxy) is 1. The Morgan fingerprint density at radius 2 is 2.11 bits per heavy atom. The van der Waals surface area contributed by atoms with Gasteiger partial charge in [0.15, 0.2) is 5.17 Å². The van der Waals surface area contributed by atoms with Gasteiger partial charge in [-0.05, 0) is 59.5 Å². The van der Waals surface area contributed by atoms with Crippen molar-refractivity contribution in [1.29, 1.82) is 0 Å². The lowest BCUT2D eigenvalue weighted by Gasteiger charge is -2.15. The molecule has 1 saturated heterocycles. The van der Waals surface area contributed by atoms with Crippen LogP contribution >= 0.6 is 23.4 Å². The maximum Gasteiger partial charge on any atom is 0.335 e. The van der Waals surface area contributed by atoms with Crippen LogP contribution in [0.5, 0.6) is 11.5 Å². The predicted octanol–water partition coefficient (Wildman–Crippen LogP) is 3.35. The van der Waals surface area contributed by atoms with Gasteiger partial charge in [0, 0.05) is 12.1 Å². The number of carbonyl (C=O) groups excluding carboxylic acids is 1. The maximum atomic E-state index is 12.5. The summed E-state index contributed by atoms with van der Waals surface area (Å²) < 4.78 is 5.01. The van der Waals surface area contributed by atoms with E-state index in [1.165, 1.54) is 36.3 Å². The second-order valence-electron chi connectivity index (χ2n) is 5.76. The number of aliphatic imine (C=N–C) groups is 1. The first-order valence-corrected chi connectivity index (χ1v) is 9.14. The zero-order valence-electron chi connectivity index (χ0n) is 14.8. The van der Waals surface area contributed by atoms with Crippen LogP contribution in [0.1, 0.15) is 15.9 Å². The van der Waals surface area contributed by atoms with Crippen molar-refractivity contribution >= 4 is 52.2 Å². The highest BCUT2D eigenvalue weighted by atomic mass is 35.5. The summed E-state index contributed by atoms with van der Waals surface area (Å²) in [6.07, 6.45) is 1.59. The zero-order valence-corrected chi connectivity index (χ0v) is 16.4. The van der Waals surface area contributed by atoms with Crippen molar-refractivity contribution in [1.82, 2.24) is 4.90 Å². The third kappa shape index (κ3) is 3.97. The van der Waals surface area contributed by atoms with Gasteiger partial charge < -0.3 is 14.9 Å². The first kappa shape index (κ1) is 19.8. The van der Waals surface area contributed by atoms with Gasteiger partial charge in [0.1, 0.15) is 5.75 Å². The molecule has 9 heteroatoms. The number of hydrogen-bond acceptors (Lipinski definition) is 6. The summed E-state index contributed by atoms with van der Waals surface area (Å²) in [6.45, 7) is 0. The monoisotopic (exact) mass is 417 g/mol. The number of likely N-dealkylation sites (N-methyl/N-ethyl adjacent to an activating group) is 1. The van der Waals surface area contributed by atoms with Crippen molar-refractivity contribution in [3.63, 3.8) is 0 Å². The van der Waals surface area contributed by atoms with Gasteiger partial charge in [0.05, 0.1) is 23.3 Å². The van der Waals surface area contributed by atoms with Gasteiger partial charge in [0.25, 0.3) is 5.91 Å². The standard InChI is InChI=1S/C19H15ClN2O5S/c1-22-17(24)15(8-10-6-13(20)16(23)14(7-10)27-2)28-19(22)21-12-5-3-4-11(9-12)18(25)26/h3-9,23H,1-2H3,(H,25,26)/p-1/b15-8-,21-19?. The Kier molecular flexibility index (Phi) is 5.62. The normalized spacial score (nSPS) is 16.8. The Labute approximate surface area is 169 Å². The molecule has 0 saturated carbocycles. The van der Waals surface area contributed by atoms with Gasteiger partial charge >= 0.3 is 5.97 Å². The topological polar surface area (TPSA) is 102 Å². The molecule has 0 aromatic heterocycles. The number of carbonyl (C=O) groups is 2. The van der Waals surface area contributed by atoms with Crippen LogP contribution < -0.4 is 9.84 Å². The number of carboxylic acid groups (broad SMARTS) is 1. The number of aromatic carboxylic acids is 1. The lowest BCUT2D eigenvalue weighted by Crippen LogP contribution is -2.23. The molecule has 0 atom stereocenters. The van der Waals surface area contributed by atoms with Crippen LogP contribution in [0, 0.1) is 0 Å². The van der Waals surface area contributed by atoms with Crippen molar-refractivity contribution in [3.8, 4) is 11.5 Å². The summed E-state index contributed by atoms with van der Waals surface area (Å²) in [6, 6.07) is 9.08. The molecule has 1 amide bonds. The molecule has 2 aromatic rings. The number of amidine groups is 1. The second kappa shape index (κ2) is 7.95. The van der Waals surface area contributed by atoms with Crippen molar-refractivity contribution in [2.45, 2.75) is 0 Å². The van der Waals surface area contributed by atoms with E-state index in [0.717, 1.165) is 11.8 Å². The first-order chi connectivity index (χ1) is 13.3. The molecular formula is C19H14ClN2O5S-. The number of benzene rings is 2. The number of rotatable bonds is 4. The van der Waals surface area contributed by atoms with Crippen LogP contribution in [-0.2, 0) is 4.79 Å². The van der Waals surface area contributed by atoms with E-state index in [9.17, 15) is 14.7 Å². The molecule has 1 aliphatic heterocycles. The van der Waals surface area contributed by atoms with Crippen LogP contribution in [0.2, 0.25) is 5.02 Å². The van der Waals surface area contributed by atoms with Crippen LogP contribution in [-0.4, -0.2) is 41.2 Å². The highest BCUT2D eigenvalue weighted by Gasteiger charge is 2.30. The minimum atomic E-state index is -1.06. The Hall–Kier alpha value is -2.97. The fourth-order valence-electron chi connectivity index (χ4n) is 2.45. The molecule has 144 valence electrons. The molecule has 0 unspecified atom stereocenters. The summed E-state index contributed by atoms with van der Waals surface area (Å²) >= 11 is 7.06. The number of hydrogen-bond donors (Lipinski definition) is 1. The number of carboxylic acids is 1. The average molecular weight is 418 g/mol. The molecule has 0 bridgehead atoms. The van der Waals surface area contributed by atoms with Crippen molar-refractivity contribution < 1.29 is 24.5 Å². The molecular weight excluding hydrogens is 404 g/mol.